The van der Waals surface area contributed by atoms with E-state index in [1.807, 2.05) is 34.1 Å². The number of ether oxygens (including phenoxy) is 2. The van der Waals surface area contributed by atoms with Crippen molar-refractivity contribution in [1.82, 2.24) is 15.1 Å². The van der Waals surface area contributed by atoms with Gasteiger partial charge in [0.05, 0.1) is 11.1 Å². The molecule has 1 N–H and O–H groups in total. The zero-order valence-corrected chi connectivity index (χ0v) is 26.7. The summed E-state index contributed by atoms with van der Waals surface area (Å²) in [5, 5.41) is 4.00. The van der Waals surface area contributed by atoms with Crippen LogP contribution in [-0.2, 0) is 16.1 Å². The summed E-state index contributed by atoms with van der Waals surface area (Å²) in [6.45, 7) is 7.92. The molecule has 0 radical (unpaired) electrons. The molecular weight excluding hydrogens is 593 g/mol. The van der Waals surface area contributed by atoms with E-state index >= 15 is 0 Å². The number of halogens is 2. The van der Waals surface area contributed by atoms with Crippen molar-refractivity contribution in [2.24, 2.45) is 0 Å². The lowest BCUT2D eigenvalue weighted by atomic mass is 9.82. The van der Waals surface area contributed by atoms with Gasteiger partial charge in [0.1, 0.15) is 30.5 Å². The molecule has 6 rings (SSSR count). The summed E-state index contributed by atoms with van der Waals surface area (Å²) in [5.74, 6) is 0.592. The zero-order chi connectivity index (χ0) is 31.7. The van der Waals surface area contributed by atoms with E-state index < -0.39 is 5.82 Å². The second-order valence-electron chi connectivity index (χ2n) is 12.3. The van der Waals surface area contributed by atoms with E-state index in [1.54, 1.807) is 6.92 Å². The molecule has 9 heteroatoms. The van der Waals surface area contributed by atoms with Gasteiger partial charge in [0.15, 0.2) is 0 Å². The van der Waals surface area contributed by atoms with Gasteiger partial charge in [0.2, 0.25) is 5.91 Å². The first kappa shape index (κ1) is 31.1. The summed E-state index contributed by atoms with van der Waals surface area (Å²) in [5.41, 5.74) is 6.35. The van der Waals surface area contributed by atoms with E-state index in [9.17, 15) is 14.0 Å². The molecule has 0 aromatic heterocycles. The number of piperazine rings is 1. The van der Waals surface area contributed by atoms with Crippen molar-refractivity contribution in [2.75, 3.05) is 26.3 Å². The number of nitrogens with zero attached hydrogens (tertiary/aromatic N) is 2. The highest BCUT2D eigenvalue weighted by Gasteiger charge is 2.43. The Bertz CT molecular complexity index is 1620. The van der Waals surface area contributed by atoms with Crippen LogP contribution in [0.25, 0.3) is 5.57 Å². The molecule has 3 aromatic carbocycles. The lowest BCUT2D eigenvalue weighted by molar-refractivity contribution is -0.132. The Morgan fingerprint density at radius 3 is 2.51 bits per heavy atom. The van der Waals surface area contributed by atoms with Gasteiger partial charge in [-0.15, -0.1) is 0 Å². The quantitative estimate of drug-likeness (QED) is 0.274. The van der Waals surface area contributed by atoms with Gasteiger partial charge in [-0.2, -0.15) is 0 Å². The number of rotatable bonds is 10. The van der Waals surface area contributed by atoms with E-state index in [-0.39, 0.29) is 48.9 Å². The van der Waals surface area contributed by atoms with E-state index in [0.717, 1.165) is 29.6 Å². The third-order valence-corrected chi connectivity index (χ3v) is 9.40. The maximum atomic E-state index is 14.6. The zero-order valence-electron chi connectivity index (χ0n) is 25.9. The van der Waals surface area contributed by atoms with Crippen molar-refractivity contribution in [3.8, 4) is 11.5 Å². The van der Waals surface area contributed by atoms with Gasteiger partial charge in [-0.1, -0.05) is 41.9 Å². The molecule has 1 saturated heterocycles. The van der Waals surface area contributed by atoms with Gasteiger partial charge >= 0.3 is 0 Å². The van der Waals surface area contributed by atoms with Gasteiger partial charge in [-0.05, 0) is 85.2 Å². The summed E-state index contributed by atoms with van der Waals surface area (Å²) in [4.78, 5) is 30.9. The maximum absolute atomic E-state index is 14.6. The SMILES string of the molecule is CC(=O)N1C[C@H]2CC(c3ccc(OCCOc4cc(F)ccc4Cl)cc3)=C(C(=O)N(Cc3cccc(C)c3C)C3CC3)[C@@H](C1)N2. The van der Waals surface area contributed by atoms with E-state index in [4.69, 9.17) is 21.1 Å². The molecule has 2 heterocycles. The number of amides is 2. The number of aryl methyl sites for hydroxylation is 1. The normalized spacial score (nSPS) is 19.4. The van der Waals surface area contributed by atoms with E-state index in [2.05, 4.69) is 37.4 Å². The largest absolute Gasteiger partial charge is 0.490 e. The fraction of sp³-hybridized carbons (Fsp3) is 0.389. The number of fused-ring (bicyclic) bond motifs is 2. The van der Waals surface area contributed by atoms with Crippen LogP contribution in [0.3, 0.4) is 0 Å². The smallest absolute Gasteiger partial charge is 0.252 e. The summed E-state index contributed by atoms with van der Waals surface area (Å²) in [6, 6.07) is 18.1. The Hall–Kier alpha value is -3.88. The number of carbonyl (C=O) groups is 2. The number of nitrogens with one attached hydrogen (secondary N) is 1. The minimum Gasteiger partial charge on any atom is -0.490 e. The second-order valence-corrected chi connectivity index (χ2v) is 12.7. The van der Waals surface area contributed by atoms with Crippen molar-refractivity contribution in [3.05, 3.63) is 99.3 Å². The second kappa shape index (κ2) is 13.2. The predicted molar refractivity (Wildman–Crippen MR) is 173 cm³/mol. The third kappa shape index (κ3) is 7.02. The van der Waals surface area contributed by atoms with Crippen molar-refractivity contribution >= 4 is 29.0 Å². The van der Waals surface area contributed by atoms with Crippen molar-refractivity contribution in [2.45, 2.75) is 64.7 Å². The third-order valence-electron chi connectivity index (χ3n) is 9.09. The monoisotopic (exact) mass is 631 g/mol. The average molecular weight is 632 g/mol. The van der Waals surface area contributed by atoms with Crippen LogP contribution < -0.4 is 14.8 Å². The fourth-order valence-electron chi connectivity index (χ4n) is 6.35. The molecular formula is C36H39ClFN3O4. The van der Waals surface area contributed by atoms with Crippen LogP contribution in [0.2, 0.25) is 5.02 Å². The van der Waals surface area contributed by atoms with Crippen molar-refractivity contribution < 1.29 is 23.5 Å². The Kier molecular flexibility index (Phi) is 9.15. The number of carbonyl (C=O) groups excluding carboxylic acids is 2. The van der Waals surface area contributed by atoms with Gasteiger partial charge in [-0.3, -0.25) is 9.59 Å². The van der Waals surface area contributed by atoms with Crippen LogP contribution in [0.5, 0.6) is 11.5 Å². The fourth-order valence-corrected chi connectivity index (χ4v) is 6.52. The molecule has 3 aliphatic rings. The molecule has 236 valence electrons. The number of benzene rings is 3. The Morgan fingerprint density at radius 2 is 1.78 bits per heavy atom. The molecule has 0 spiro atoms. The first-order valence-corrected chi connectivity index (χ1v) is 16.0. The van der Waals surface area contributed by atoms with E-state index in [0.29, 0.717) is 36.8 Å². The van der Waals surface area contributed by atoms with E-state index in [1.165, 1.54) is 34.9 Å². The van der Waals surface area contributed by atoms with Gasteiger partial charge in [0.25, 0.3) is 5.91 Å². The first-order chi connectivity index (χ1) is 21.7. The lowest BCUT2D eigenvalue weighted by Gasteiger charge is -2.44. The van der Waals surface area contributed by atoms with Gasteiger partial charge in [0, 0.05) is 50.3 Å². The molecule has 2 amide bonds. The van der Waals surface area contributed by atoms with Crippen LogP contribution >= 0.6 is 11.6 Å². The number of hydrogen-bond donors (Lipinski definition) is 1. The van der Waals surface area contributed by atoms with Gasteiger partial charge < -0.3 is 24.6 Å². The highest BCUT2D eigenvalue weighted by Crippen LogP contribution is 2.38. The van der Waals surface area contributed by atoms with Crippen LogP contribution in [0.4, 0.5) is 4.39 Å². The minimum atomic E-state index is -0.417. The lowest BCUT2D eigenvalue weighted by Crippen LogP contribution is -2.61. The molecule has 2 bridgehead atoms. The first-order valence-electron chi connectivity index (χ1n) is 15.6. The Morgan fingerprint density at radius 1 is 1.02 bits per heavy atom. The number of hydrogen-bond acceptors (Lipinski definition) is 5. The summed E-state index contributed by atoms with van der Waals surface area (Å²) in [6.07, 6.45) is 2.65. The summed E-state index contributed by atoms with van der Waals surface area (Å²) < 4.78 is 25.0. The van der Waals surface area contributed by atoms with Gasteiger partial charge in [-0.25, -0.2) is 4.39 Å². The molecule has 1 aliphatic carbocycles. The van der Waals surface area contributed by atoms with Crippen LogP contribution in [0, 0.1) is 19.7 Å². The molecule has 3 aromatic rings. The standard InChI is InChI=1S/C36H39ClFN3O4/c1-22-5-4-6-26(23(22)2)19-41(29-10-11-29)36(43)35-31(18-28-20-40(24(3)42)21-33(35)39-28)25-7-12-30(13-8-25)44-15-16-45-34-17-27(38)9-14-32(34)37/h4-9,12-14,17,28-29,33,39H,10-11,15-16,18-21H2,1-3H3/t28-,33-/m1/s1. The molecule has 7 nitrogen and oxygen atoms in total. The summed E-state index contributed by atoms with van der Waals surface area (Å²) in [7, 11) is 0. The molecule has 0 unspecified atom stereocenters. The highest BCUT2D eigenvalue weighted by atomic mass is 35.5. The topological polar surface area (TPSA) is 71.1 Å². The maximum Gasteiger partial charge on any atom is 0.252 e. The predicted octanol–water partition coefficient (Wildman–Crippen LogP) is 6.09. The van der Waals surface area contributed by atoms with Crippen molar-refractivity contribution in [3.63, 3.8) is 0 Å². The Labute approximate surface area is 268 Å². The summed E-state index contributed by atoms with van der Waals surface area (Å²) >= 11 is 6.08. The average Bonchev–Trinajstić information content (AvgIpc) is 3.87. The molecule has 2 atom stereocenters. The van der Waals surface area contributed by atoms with Crippen LogP contribution in [0.1, 0.15) is 48.4 Å². The molecule has 45 heavy (non-hydrogen) atoms. The highest BCUT2D eigenvalue weighted by molar-refractivity contribution is 6.32. The minimum absolute atomic E-state index is 0.0290. The Balaban J connectivity index is 1.24. The van der Waals surface area contributed by atoms with Crippen LogP contribution in [0.15, 0.2) is 66.2 Å². The van der Waals surface area contributed by atoms with Crippen LogP contribution in [-0.4, -0.2) is 66.0 Å². The molecule has 2 fully saturated rings. The molecule has 2 aliphatic heterocycles. The van der Waals surface area contributed by atoms with Crippen molar-refractivity contribution in [1.29, 1.82) is 0 Å². The molecule has 1 saturated carbocycles.